The number of methoxy groups -OCH3 is 1. The highest BCUT2D eigenvalue weighted by molar-refractivity contribution is 6.33. The number of carbonyl (C=O) groups is 1. The van der Waals surface area contributed by atoms with Crippen molar-refractivity contribution in [3.05, 3.63) is 53.2 Å². The monoisotopic (exact) mass is 263 g/mol. The third-order valence-corrected chi connectivity index (χ3v) is 2.52. The highest BCUT2D eigenvalue weighted by atomic mass is 35.5. The lowest BCUT2D eigenvalue weighted by Gasteiger charge is -2.06. The molecule has 2 aromatic rings. The molecule has 0 bridgehead atoms. The second-order valence-corrected chi connectivity index (χ2v) is 3.81. The van der Waals surface area contributed by atoms with E-state index in [9.17, 15) is 4.79 Å². The molecule has 0 spiro atoms. The van der Waals surface area contributed by atoms with Crippen LogP contribution in [0.4, 0.5) is 0 Å². The predicted molar refractivity (Wildman–Crippen MR) is 67.1 cm³/mol. The average Bonchev–Trinajstić information content (AvgIpc) is 2.39. The van der Waals surface area contributed by atoms with Crippen LogP contribution in [-0.2, 0) is 4.74 Å². The molecule has 0 atom stereocenters. The standard InChI is InChI=1S/C13H10ClNO3/c1-17-13(16)10-6-5-9(8-11(10)14)18-12-4-2-3-7-15-12/h2-8H,1H3. The van der Waals surface area contributed by atoms with Gasteiger partial charge in [0.2, 0.25) is 5.88 Å². The van der Waals surface area contributed by atoms with Gasteiger partial charge in [-0.05, 0) is 18.2 Å². The van der Waals surface area contributed by atoms with Gasteiger partial charge in [-0.1, -0.05) is 17.7 Å². The molecule has 18 heavy (non-hydrogen) atoms. The molecule has 0 saturated heterocycles. The smallest absolute Gasteiger partial charge is 0.339 e. The van der Waals surface area contributed by atoms with E-state index >= 15 is 0 Å². The van der Waals surface area contributed by atoms with Crippen LogP contribution in [0.5, 0.6) is 11.6 Å². The predicted octanol–water partition coefficient (Wildman–Crippen LogP) is 3.31. The first-order valence-electron chi connectivity index (χ1n) is 5.17. The Balaban J connectivity index is 2.22. The summed E-state index contributed by atoms with van der Waals surface area (Å²) in [6.07, 6.45) is 1.62. The Morgan fingerprint density at radius 2 is 2.11 bits per heavy atom. The first-order chi connectivity index (χ1) is 8.70. The van der Waals surface area contributed by atoms with Gasteiger partial charge in [-0.2, -0.15) is 0 Å². The summed E-state index contributed by atoms with van der Waals surface area (Å²) in [4.78, 5) is 15.4. The van der Waals surface area contributed by atoms with E-state index in [4.69, 9.17) is 16.3 Å². The van der Waals surface area contributed by atoms with E-state index in [-0.39, 0.29) is 5.02 Å². The number of pyridine rings is 1. The van der Waals surface area contributed by atoms with Gasteiger partial charge >= 0.3 is 5.97 Å². The number of hydrogen-bond acceptors (Lipinski definition) is 4. The third-order valence-electron chi connectivity index (χ3n) is 2.21. The van der Waals surface area contributed by atoms with Crippen LogP contribution in [0.25, 0.3) is 0 Å². The fourth-order valence-corrected chi connectivity index (χ4v) is 1.61. The Morgan fingerprint density at radius 3 is 2.72 bits per heavy atom. The lowest BCUT2D eigenvalue weighted by Crippen LogP contribution is -2.01. The highest BCUT2D eigenvalue weighted by Crippen LogP contribution is 2.26. The van der Waals surface area contributed by atoms with Crippen LogP contribution in [-0.4, -0.2) is 18.1 Å². The molecule has 0 aliphatic rings. The molecular formula is C13H10ClNO3. The number of aromatic nitrogens is 1. The Kier molecular flexibility index (Phi) is 3.79. The molecule has 1 aromatic carbocycles. The summed E-state index contributed by atoms with van der Waals surface area (Å²) < 4.78 is 10.1. The molecular weight excluding hydrogens is 254 g/mol. The minimum absolute atomic E-state index is 0.273. The minimum Gasteiger partial charge on any atom is -0.465 e. The maximum absolute atomic E-state index is 11.3. The topological polar surface area (TPSA) is 48.4 Å². The number of benzene rings is 1. The van der Waals surface area contributed by atoms with Gasteiger partial charge < -0.3 is 9.47 Å². The van der Waals surface area contributed by atoms with Crippen LogP contribution < -0.4 is 4.74 Å². The van der Waals surface area contributed by atoms with Crippen LogP contribution in [0.2, 0.25) is 5.02 Å². The van der Waals surface area contributed by atoms with Crippen LogP contribution in [0.15, 0.2) is 42.6 Å². The number of esters is 1. The number of ether oxygens (including phenoxy) is 2. The summed E-state index contributed by atoms with van der Waals surface area (Å²) in [6, 6.07) is 10.1. The molecule has 1 aromatic heterocycles. The summed E-state index contributed by atoms with van der Waals surface area (Å²) >= 11 is 5.97. The molecule has 0 N–H and O–H groups in total. The van der Waals surface area contributed by atoms with Crippen molar-refractivity contribution in [2.75, 3.05) is 7.11 Å². The van der Waals surface area contributed by atoms with Crippen molar-refractivity contribution in [3.8, 4) is 11.6 Å². The Bertz CT molecular complexity index is 557. The van der Waals surface area contributed by atoms with E-state index in [1.165, 1.54) is 7.11 Å². The number of hydrogen-bond donors (Lipinski definition) is 0. The second kappa shape index (κ2) is 5.51. The van der Waals surface area contributed by atoms with Crippen molar-refractivity contribution in [3.63, 3.8) is 0 Å². The van der Waals surface area contributed by atoms with Gasteiger partial charge in [0, 0.05) is 18.3 Å². The molecule has 0 fully saturated rings. The average molecular weight is 264 g/mol. The van der Waals surface area contributed by atoms with Gasteiger partial charge in [-0.25, -0.2) is 9.78 Å². The molecule has 4 nitrogen and oxygen atoms in total. The van der Waals surface area contributed by atoms with Crippen LogP contribution >= 0.6 is 11.6 Å². The minimum atomic E-state index is -0.482. The number of nitrogens with zero attached hydrogens (tertiary/aromatic N) is 1. The molecule has 1 heterocycles. The lowest BCUT2D eigenvalue weighted by atomic mass is 10.2. The molecule has 0 unspecified atom stereocenters. The molecule has 0 aliphatic heterocycles. The SMILES string of the molecule is COC(=O)c1ccc(Oc2ccccn2)cc1Cl. The van der Waals surface area contributed by atoms with Gasteiger partial charge in [0.1, 0.15) is 5.75 Å². The second-order valence-electron chi connectivity index (χ2n) is 3.40. The fourth-order valence-electron chi connectivity index (χ4n) is 1.36. The van der Waals surface area contributed by atoms with Crippen LogP contribution in [0.1, 0.15) is 10.4 Å². The van der Waals surface area contributed by atoms with Gasteiger partial charge in [-0.15, -0.1) is 0 Å². The van der Waals surface area contributed by atoms with E-state index in [2.05, 4.69) is 9.72 Å². The maximum atomic E-state index is 11.3. The van der Waals surface area contributed by atoms with Crippen molar-refractivity contribution in [2.24, 2.45) is 0 Å². The zero-order valence-electron chi connectivity index (χ0n) is 9.59. The lowest BCUT2D eigenvalue weighted by molar-refractivity contribution is 0.0601. The van der Waals surface area contributed by atoms with Crippen LogP contribution in [0.3, 0.4) is 0 Å². The number of carbonyl (C=O) groups excluding carboxylic acids is 1. The van der Waals surface area contributed by atoms with E-state index in [0.717, 1.165) is 0 Å². The van der Waals surface area contributed by atoms with Gasteiger partial charge in [-0.3, -0.25) is 0 Å². The Hall–Kier alpha value is -2.07. The molecule has 0 saturated carbocycles. The highest BCUT2D eigenvalue weighted by Gasteiger charge is 2.11. The first kappa shape index (κ1) is 12.4. The summed E-state index contributed by atoms with van der Waals surface area (Å²) in [5, 5.41) is 0.273. The van der Waals surface area contributed by atoms with Crippen molar-refractivity contribution in [2.45, 2.75) is 0 Å². The zero-order chi connectivity index (χ0) is 13.0. The molecule has 92 valence electrons. The number of rotatable bonds is 3. The summed E-state index contributed by atoms with van der Waals surface area (Å²) in [5.74, 6) is 0.482. The maximum Gasteiger partial charge on any atom is 0.339 e. The summed E-state index contributed by atoms with van der Waals surface area (Å²) in [5.41, 5.74) is 0.299. The Morgan fingerprint density at radius 1 is 1.28 bits per heavy atom. The number of halogens is 1. The van der Waals surface area contributed by atoms with Crippen molar-refractivity contribution in [1.82, 2.24) is 4.98 Å². The quantitative estimate of drug-likeness (QED) is 0.797. The van der Waals surface area contributed by atoms with E-state index in [0.29, 0.717) is 17.2 Å². The largest absolute Gasteiger partial charge is 0.465 e. The van der Waals surface area contributed by atoms with Crippen molar-refractivity contribution >= 4 is 17.6 Å². The molecule has 2 rings (SSSR count). The molecule has 0 amide bonds. The van der Waals surface area contributed by atoms with E-state index in [1.54, 1.807) is 36.5 Å². The molecule has 0 aliphatic carbocycles. The zero-order valence-corrected chi connectivity index (χ0v) is 10.3. The summed E-state index contributed by atoms with van der Waals surface area (Å²) in [7, 11) is 1.30. The van der Waals surface area contributed by atoms with Gasteiger partial charge in [0.05, 0.1) is 17.7 Å². The third kappa shape index (κ3) is 2.78. The van der Waals surface area contributed by atoms with Crippen molar-refractivity contribution < 1.29 is 14.3 Å². The summed E-state index contributed by atoms with van der Waals surface area (Å²) in [6.45, 7) is 0. The fraction of sp³-hybridized carbons (Fsp3) is 0.0769. The first-order valence-corrected chi connectivity index (χ1v) is 5.55. The van der Waals surface area contributed by atoms with E-state index in [1.807, 2.05) is 6.07 Å². The van der Waals surface area contributed by atoms with Gasteiger partial charge in [0.25, 0.3) is 0 Å². The normalized spacial score (nSPS) is 9.89. The molecule has 0 radical (unpaired) electrons. The van der Waals surface area contributed by atoms with E-state index < -0.39 is 5.97 Å². The van der Waals surface area contributed by atoms with Gasteiger partial charge in [0.15, 0.2) is 0 Å². The van der Waals surface area contributed by atoms with Crippen LogP contribution in [0, 0.1) is 0 Å². The molecule has 5 heteroatoms. The Labute approximate surface area is 109 Å². The van der Waals surface area contributed by atoms with Crippen molar-refractivity contribution in [1.29, 1.82) is 0 Å².